The summed E-state index contributed by atoms with van der Waals surface area (Å²) in [4.78, 5) is 30.4. The van der Waals surface area contributed by atoms with E-state index in [1.165, 1.54) is 0 Å². The molecule has 1 aliphatic rings. The summed E-state index contributed by atoms with van der Waals surface area (Å²) < 4.78 is 0. The lowest BCUT2D eigenvalue weighted by molar-refractivity contribution is -0.143. The fourth-order valence-corrected chi connectivity index (χ4v) is 3.65. The fourth-order valence-electron chi connectivity index (χ4n) is 3.05. The minimum Gasteiger partial charge on any atom is -0.480 e. The van der Waals surface area contributed by atoms with Gasteiger partial charge in [0.2, 0.25) is 5.91 Å². The maximum absolute atomic E-state index is 12.4. The molecule has 0 spiro atoms. The molecule has 0 aliphatic carbocycles. The number of rotatable bonds is 7. The molecule has 24 heavy (non-hydrogen) atoms. The van der Waals surface area contributed by atoms with Gasteiger partial charge in [0.1, 0.15) is 6.04 Å². The minimum atomic E-state index is -0.951. The number of hydrogen-bond acceptors (Lipinski definition) is 5. The first-order valence-electron chi connectivity index (χ1n) is 8.51. The average molecular weight is 353 g/mol. The zero-order valence-electron chi connectivity index (χ0n) is 14.6. The number of carboxylic acid groups (broad SMARTS) is 1. The van der Waals surface area contributed by atoms with Crippen LogP contribution in [0, 0.1) is 18.8 Å². The normalized spacial score (nSPS) is 17.8. The maximum Gasteiger partial charge on any atom is 0.326 e. The van der Waals surface area contributed by atoms with E-state index in [1.807, 2.05) is 20.8 Å². The van der Waals surface area contributed by atoms with E-state index in [4.69, 9.17) is 0 Å². The quantitative estimate of drug-likeness (QED) is 0.786. The molecule has 1 amide bonds. The molecule has 1 aliphatic heterocycles. The van der Waals surface area contributed by atoms with E-state index in [0.717, 1.165) is 43.2 Å². The molecule has 6 nitrogen and oxygen atoms in total. The second-order valence-electron chi connectivity index (χ2n) is 6.94. The van der Waals surface area contributed by atoms with E-state index >= 15 is 0 Å². The number of piperidine rings is 1. The van der Waals surface area contributed by atoms with Gasteiger partial charge in [0.15, 0.2) is 0 Å². The molecule has 1 atom stereocenters. The van der Waals surface area contributed by atoms with Crippen LogP contribution in [0.15, 0.2) is 5.38 Å². The first kappa shape index (κ1) is 18.9. The van der Waals surface area contributed by atoms with Crippen molar-refractivity contribution in [1.82, 2.24) is 15.2 Å². The predicted octanol–water partition coefficient (Wildman–Crippen LogP) is 2.28. The summed E-state index contributed by atoms with van der Waals surface area (Å²) in [6, 6.07) is -0.784. The van der Waals surface area contributed by atoms with Crippen molar-refractivity contribution in [3.63, 3.8) is 0 Å². The number of carbonyl (C=O) groups excluding carboxylic acids is 1. The van der Waals surface area contributed by atoms with Crippen LogP contribution in [-0.4, -0.2) is 46.0 Å². The molecule has 2 N–H and O–H groups in total. The molecule has 7 heteroatoms. The maximum atomic E-state index is 12.4. The summed E-state index contributed by atoms with van der Waals surface area (Å²) in [5.74, 6) is -0.928. The number of hydrogen-bond donors (Lipinski definition) is 2. The molecule has 0 radical (unpaired) electrons. The summed E-state index contributed by atoms with van der Waals surface area (Å²) in [6.45, 7) is 8.43. The highest BCUT2D eigenvalue weighted by molar-refractivity contribution is 7.09. The van der Waals surface area contributed by atoms with Crippen molar-refractivity contribution in [2.75, 3.05) is 13.1 Å². The molecule has 0 unspecified atom stereocenters. The van der Waals surface area contributed by atoms with Gasteiger partial charge in [-0.25, -0.2) is 9.78 Å². The van der Waals surface area contributed by atoms with Gasteiger partial charge in [-0.3, -0.25) is 9.69 Å². The monoisotopic (exact) mass is 353 g/mol. The summed E-state index contributed by atoms with van der Waals surface area (Å²) in [5, 5.41) is 15.1. The number of aryl methyl sites for hydroxylation is 1. The Morgan fingerprint density at radius 2 is 2.08 bits per heavy atom. The lowest BCUT2D eigenvalue weighted by Crippen LogP contribution is -2.47. The van der Waals surface area contributed by atoms with Crippen LogP contribution < -0.4 is 5.32 Å². The molecule has 0 saturated carbocycles. The van der Waals surface area contributed by atoms with Crippen molar-refractivity contribution in [1.29, 1.82) is 0 Å². The Morgan fingerprint density at radius 3 is 2.58 bits per heavy atom. The van der Waals surface area contributed by atoms with Crippen LogP contribution in [0.4, 0.5) is 0 Å². The predicted molar refractivity (Wildman–Crippen MR) is 93.9 cm³/mol. The molecule has 134 valence electrons. The average Bonchev–Trinajstić information content (AvgIpc) is 2.91. The SMILES string of the molecule is Cc1nc(CN2CCC(C(=O)N[C@H](CC(C)C)C(=O)O)CC2)cs1. The van der Waals surface area contributed by atoms with Crippen LogP contribution in [0.2, 0.25) is 0 Å². The van der Waals surface area contributed by atoms with Crippen molar-refractivity contribution in [2.24, 2.45) is 11.8 Å². The molecule has 1 fully saturated rings. The third-order valence-electron chi connectivity index (χ3n) is 4.33. The lowest BCUT2D eigenvalue weighted by Gasteiger charge is -2.31. The first-order chi connectivity index (χ1) is 11.3. The van der Waals surface area contributed by atoms with E-state index in [0.29, 0.717) is 6.42 Å². The minimum absolute atomic E-state index is 0.0903. The first-order valence-corrected chi connectivity index (χ1v) is 9.39. The lowest BCUT2D eigenvalue weighted by atomic mass is 9.94. The van der Waals surface area contributed by atoms with E-state index in [-0.39, 0.29) is 17.7 Å². The number of aromatic nitrogens is 1. The van der Waals surface area contributed by atoms with Crippen LogP contribution in [0.1, 0.15) is 43.8 Å². The van der Waals surface area contributed by atoms with E-state index in [2.05, 4.69) is 20.6 Å². The van der Waals surface area contributed by atoms with Crippen LogP contribution in [0.3, 0.4) is 0 Å². The largest absolute Gasteiger partial charge is 0.480 e. The zero-order chi connectivity index (χ0) is 17.7. The smallest absolute Gasteiger partial charge is 0.326 e. The van der Waals surface area contributed by atoms with Crippen LogP contribution in [-0.2, 0) is 16.1 Å². The number of thiazole rings is 1. The Morgan fingerprint density at radius 1 is 1.42 bits per heavy atom. The molecule has 1 saturated heterocycles. The van der Waals surface area contributed by atoms with Crippen LogP contribution in [0.25, 0.3) is 0 Å². The standard InChI is InChI=1S/C17H27N3O3S/c1-11(2)8-15(17(22)23)19-16(21)13-4-6-20(7-5-13)9-14-10-24-12(3)18-14/h10-11,13,15H,4-9H2,1-3H3,(H,19,21)(H,22,23)/t15-/m1/s1. The molecule has 1 aromatic heterocycles. The van der Waals surface area contributed by atoms with Gasteiger partial charge in [0.05, 0.1) is 10.7 Å². The van der Waals surface area contributed by atoms with Gasteiger partial charge in [-0.1, -0.05) is 13.8 Å². The van der Waals surface area contributed by atoms with Gasteiger partial charge in [0, 0.05) is 17.8 Å². The molecule has 0 bridgehead atoms. The third-order valence-corrected chi connectivity index (χ3v) is 5.15. The number of nitrogens with one attached hydrogen (secondary N) is 1. The summed E-state index contributed by atoms with van der Waals surface area (Å²) in [6.07, 6.45) is 2.00. The number of carboxylic acids is 1. The van der Waals surface area contributed by atoms with Crippen molar-refractivity contribution >= 4 is 23.2 Å². The van der Waals surface area contributed by atoms with Gasteiger partial charge >= 0.3 is 5.97 Å². The van der Waals surface area contributed by atoms with Crippen molar-refractivity contribution in [3.8, 4) is 0 Å². The van der Waals surface area contributed by atoms with Gasteiger partial charge in [-0.05, 0) is 45.2 Å². The summed E-state index contributed by atoms with van der Waals surface area (Å²) in [7, 11) is 0. The van der Waals surface area contributed by atoms with Gasteiger partial charge < -0.3 is 10.4 Å². The molecule has 2 rings (SSSR count). The Labute approximate surface area is 147 Å². The van der Waals surface area contributed by atoms with E-state index < -0.39 is 12.0 Å². The Kier molecular flexibility index (Phi) is 6.74. The highest BCUT2D eigenvalue weighted by Gasteiger charge is 2.29. The molecule has 0 aromatic carbocycles. The topological polar surface area (TPSA) is 82.5 Å². The molecular formula is C17H27N3O3S. The van der Waals surface area contributed by atoms with E-state index in [1.54, 1.807) is 11.3 Å². The number of likely N-dealkylation sites (tertiary alicyclic amines) is 1. The Hall–Kier alpha value is -1.47. The van der Waals surface area contributed by atoms with Crippen molar-refractivity contribution in [2.45, 2.75) is 52.6 Å². The number of nitrogens with zero attached hydrogens (tertiary/aromatic N) is 2. The Bertz CT molecular complexity index is 565. The summed E-state index contributed by atoms with van der Waals surface area (Å²) >= 11 is 1.66. The number of aliphatic carboxylic acids is 1. The van der Waals surface area contributed by atoms with Crippen molar-refractivity contribution in [3.05, 3.63) is 16.1 Å². The zero-order valence-corrected chi connectivity index (χ0v) is 15.4. The second kappa shape index (κ2) is 8.58. The second-order valence-corrected chi connectivity index (χ2v) is 8.00. The number of carbonyl (C=O) groups is 2. The highest BCUT2D eigenvalue weighted by Crippen LogP contribution is 2.20. The van der Waals surface area contributed by atoms with Gasteiger partial charge in [-0.15, -0.1) is 11.3 Å². The van der Waals surface area contributed by atoms with Gasteiger partial charge in [-0.2, -0.15) is 0 Å². The Balaban J connectivity index is 1.80. The van der Waals surface area contributed by atoms with E-state index in [9.17, 15) is 14.7 Å². The van der Waals surface area contributed by atoms with Crippen molar-refractivity contribution < 1.29 is 14.7 Å². The number of amides is 1. The third kappa shape index (κ3) is 5.56. The van der Waals surface area contributed by atoms with Crippen LogP contribution in [0.5, 0.6) is 0 Å². The van der Waals surface area contributed by atoms with Gasteiger partial charge in [0.25, 0.3) is 0 Å². The molecule has 2 heterocycles. The highest BCUT2D eigenvalue weighted by atomic mass is 32.1. The summed E-state index contributed by atoms with van der Waals surface area (Å²) in [5.41, 5.74) is 1.09. The van der Waals surface area contributed by atoms with Crippen LogP contribution >= 0.6 is 11.3 Å². The molecular weight excluding hydrogens is 326 g/mol. The molecule has 1 aromatic rings. The fraction of sp³-hybridized carbons (Fsp3) is 0.706.